The summed E-state index contributed by atoms with van der Waals surface area (Å²) in [5.41, 5.74) is 2.48. The molecule has 27 heavy (non-hydrogen) atoms. The zero-order valence-corrected chi connectivity index (χ0v) is 14.9. The summed E-state index contributed by atoms with van der Waals surface area (Å²) in [5, 5.41) is 7.21. The first-order chi connectivity index (χ1) is 13.0. The molecule has 4 rings (SSSR count). The molecule has 0 saturated carbocycles. The molecule has 7 heteroatoms. The highest BCUT2D eigenvalue weighted by molar-refractivity contribution is 6.30. The highest BCUT2D eigenvalue weighted by Gasteiger charge is 2.20. The van der Waals surface area contributed by atoms with Gasteiger partial charge in [-0.05, 0) is 31.2 Å². The molecule has 2 aromatic heterocycles. The lowest BCUT2D eigenvalue weighted by Gasteiger charge is -2.09. The molecular formula is C20H13ClFN3O2. The van der Waals surface area contributed by atoms with Crippen LogP contribution in [0.5, 0.6) is 0 Å². The van der Waals surface area contributed by atoms with E-state index < -0.39 is 11.7 Å². The Kier molecular flexibility index (Phi) is 4.33. The first kappa shape index (κ1) is 17.2. The van der Waals surface area contributed by atoms with Gasteiger partial charge in [0.05, 0.1) is 28.0 Å². The third kappa shape index (κ3) is 3.27. The van der Waals surface area contributed by atoms with Gasteiger partial charge in [0.15, 0.2) is 0 Å². The summed E-state index contributed by atoms with van der Waals surface area (Å²) in [4.78, 5) is 17.3. The van der Waals surface area contributed by atoms with Crippen LogP contribution in [0.25, 0.3) is 22.4 Å². The SMILES string of the molecule is Cc1noc2nc(-c3ccccc3)cc(C(=O)Nc3ccc(Cl)cc3F)c12. The summed E-state index contributed by atoms with van der Waals surface area (Å²) in [6.45, 7) is 1.72. The predicted molar refractivity (Wildman–Crippen MR) is 101 cm³/mol. The summed E-state index contributed by atoms with van der Waals surface area (Å²) in [7, 11) is 0. The van der Waals surface area contributed by atoms with Gasteiger partial charge in [0.2, 0.25) is 0 Å². The van der Waals surface area contributed by atoms with E-state index in [2.05, 4.69) is 15.5 Å². The van der Waals surface area contributed by atoms with Crippen LogP contribution in [0.4, 0.5) is 10.1 Å². The number of amides is 1. The molecule has 0 fully saturated rings. The van der Waals surface area contributed by atoms with Crippen LogP contribution in [0, 0.1) is 12.7 Å². The molecule has 0 aliphatic carbocycles. The number of carbonyl (C=O) groups is 1. The van der Waals surface area contributed by atoms with E-state index in [1.165, 1.54) is 12.1 Å². The van der Waals surface area contributed by atoms with Gasteiger partial charge in [0.1, 0.15) is 5.82 Å². The Morgan fingerprint density at radius 1 is 1.15 bits per heavy atom. The van der Waals surface area contributed by atoms with Crippen molar-refractivity contribution in [3.05, 3.63) is 76.7 Å². The standard InChI is InChI=1S/C20H13ClFN3O2/c1-11-18-14(19(26)23-16-8-7-13(21)9-15(16)22)10-17(24-20(18)27-25-11)12-5-3-2-4-6-12/h2-10H,1H3,(H,23,26). The van der Waals surface area contributed by atoms with Crippen molar-refractivity contribution in [1.82, 2.24) is 10.1 Å². The van der Waals surface area contributed by atoms with Crippen molar-refractivity contribution in [2.45, 2.75) is 6.92 Å². The number of aryl methyl sites for hydroxylation is 1. The van der Waals surface area contributed by atoms with Crippen LogP contribution in [0.1, 0.15) is 16.1 Å². The molecule has 0 bridgehead atoms. The number of anilines is 1. The molecule has 2 heterocycles. The molecule has 0 saturated heterocycles. The fraction of sp³-hybridized carbons (Fsp3) is 0.0500. The molecular weight excluding hydrogens is 369 g/mol. The molecule has 4 aromatic rings. The normalized spacial score (nSPS) is 10.9. The maximum atomic E-state index is 14.1. The first-order valence-corrected chi connectivity index (χ1v) is 8.49. The number of carbonyl (C=O) groups excluding carboxylic acids is 1. The van der Waals surface area contributed by atoms with Crippen LogP contribution in [-0.2, 0) is 0 Å². The zero-order valence-electron chi connectivity index (χ0n) is 14.2. The average Bonchev–Trinajstić information content (AvgIpc) is 3.05. The van der Waals surface area contributed by atoms with Crippen molar-refractivity contribution in [2.24, 2.45) is 0 Å². The molecule has 0 aliphatic heterocycles. The van der Waals surface area contributed by atoms with Gasteiger partial charge in [0, 0.05) is 10.6 Å². The predicted octanol–water partition coefficient (Wildman–Crippen LogP) is 5.24. The number of benzene rings is 2. The largest absolute Gasteiger partial charge is 0.335 e. The summed E-state index contributed by atoms with van der Waals surface area (Å²) in [6, 6.07) is 15.1. The van der Waals surface area contributed by atoms with Gasteiger partial charge < -0.3 is 9.84 Å². The number of pyridine rings is 1. The van der Waals surface area contributed by atoms with Crippen LogP contribution in [-0.4, -0.2) is 16.0 Å². The lowest BCUT2D eigenvalue weighted by molar-refractivity contribution is 0.102. The number of hydrogen-bond donors (Lipinski definition) is 1. The molecule has 1 amide bonds. The Labute approximate surface area is 158 Å². The van der Waals surface area contributed by atoms with Crippen LogP contribution < -0.4 is 5.32 Å². The second-order valence-corrected chi connectivity index (χ2v) is 6.38. The first-order valence-electron chi connectivity index (χ1n) is 8.12. The van der Waals surface area contributed by atoms with Crippen molar-refractivity contribution in [1.29, 1.82) is 0 Å². The molecule has 2 aromatic carbocycles. The number of rotatable bonds is 3. The highest BCUT2D eigenvalue weighted by Crippen LogP contribution is 2.28. The minimum absolute atomic E-state index is 0.0322. The summed E-state index contributed by atoms with van der Waals surface area (Å²) in [5.74, 6) is -1.11. The smallest absolute Gasteiger partial charge is 0.259 e. The molecule has 134 valence electrons. The van der Waals surface area contributed by atoms with Gasteiger partial charge in [-0.1, -0.05) is 47.1 Å². The van der Waals surface area contributed by atoms with Gasteiger partial charge in [-0.15, -0.1) is 0 Å². The molecule has 0 unspecified atom stereocenters. The highest BCUT2D eigenvalue weighted by atomic mass is 35.5. The van der Waals surface area contributed by atoms with E-state index in [1.807, 2.05) is 30.3 Å². The summed E-state index contributed by atoms with van der Waals surface area (Å²) < 4.78 is 19.3. The molecule has 1 N–H and O–H groups in total. The Bertz CT molecular complexity index is 1160. The van der Waals surface area contributed by atoms with E-state index in [1.54, 1.807) is 13.0 Å². The van der Waals surface area contributed by atoms with Crippen molar-refractivity contribution in [3.8, 4) is 11.3 Å². The zero-order chi connectivity index (χ0) is 19.0. The number of nitrogens with one attached hydrogen (secondary N) is 1. The lowest BCUT2D eigenvalue weighted by Crippen LogP contribution is -2.14. The fourth-order valence-electron chi connectivity index (χ4n) is 2.81. The third-order valence-corrected chi connectivity index (χ3v) is 4.35. The van der Waals surface area contributed by atoms with E-state index in [4.69, 9.17) is 16.1 Å². The number of nitrogens with zero attached hydrogens (tertiary/aromatic N) is 2. The van der Waals surface area contributed by atoms with E-state index >= 15 is 0 Å². The van der Waals surface area contributed by atoms with Gasteiger partial charge in [-0.3, -0.25) is 4.79 Å². The van der Waals surface area contributed by atoms with Crippen LogP contribution in [0.3, 0.4) is 0 Å². The number of aromatic nitrogens is 2. The second kappa shape index (κ2) is 6.81. The fourth-order valence-corrected chi connectivity index (χ4v) is 2.97. The Hall–Kier alpha value is -3.25. The van der Waals surface area contributed by atoms with Crippen LogP contribution in [0.15, 0.2) is 59.1 Å². The third-order valence-electron chi connectivity index (χ3n) is 4.11. The van der Waals surface area contributed by atoms with Gasteiger partial charge in [-0.25, -0.2) is 9.37 Å². The van der Waals surface area contributed by atoms with Gasteiger partial charge in [0.25, 0.3) is 11.6 Å². The van der Waals surface area contributed by atoms with E-state index in [9.17, 15) is 9.18 Å². The van der Waals surface area contributed by atoms with Gasteiger partial charge in [-0.2, -0.15) is 0 Å². The van der Waals surface area contributed by atoms with Gasteiger partial charge >= 0.3 is 0 Å². The van der Waals surface area contributed by atoms with Crippen molar-refractivity contribution in [3.63, 3.8) is 0 Å². The maximum absolute atomic E-state index is 14.1. The van der Waals surface area contributed by atoms with Crippen LogP contribution >= 0.6 is 11.6 Å². The maximum Gasteiger partial charge on any atom is 0.259 e. The number of halogens is 2. The van der Waals surface area contributed by atoms with E-state index in [-0.39, 0.29) is 16.4 Å². The Morgan fingerprint density at radius 3 is 2.67 bits per heavy atom. The number of hydrogen-bond acceptors (Lipinski definition) is 4. The second-order valence-electron chi connectivity index (χ2n) is 5.95. The monoisotopic (exact) mass is 381 g/mol. The van der Waals surface area contributed by atoms with Crippen molar-refractivity contribution in [2.75, 3.05) is 5.32 Å². The van der Waals surface area contributed by atoms with Crippen molar-refractivity contribution < 1.29 is 13.7 Å². The molecule has 0 aliphatic rings. The minimum atomic E-state index is -0.619. The lowest BCUT2D eigenvalue weighted by atomic mass is 10.0. The molecule has 0 radical (unpaired) electrons. The summed E-state index contributed by atoms with van der Waals surface area (Å²) >= 11 is 5.76. The van der Waals surface area contributed by atoms with E-state index in [0.717, 1.165) is 11.6 Å². The minimum Gasteiger partial charge on any atom is -0.335 e. The quantitative estimate of drug-likeness (QED) is 0.526. The molecule has 0 atom stereocenters. The summed E-state index contributed by atoms with van der Waals surface area (Å²) in [6.07, 6.45) is 0. The van der Waals surface area contributed by atoms with E-state index in [0.29, 0.717) is 22.3 Å². The molecule has 5 nitrogen and oxygen atoms in total. The van der Waals surface area contributed by atoms with Crippen molar-refractivity contribution >= 4 is 34.3 Å². The van der Waals surface area contributed by atoms with Crippen LogP contribution in [0.2, 0.25) is 5.02 Å². The molecule has 0 spiro atoms. The topological polar surface area (TPSA) is 68.0 Å². The Morgan fingerprint density at radius 2 is 1.93 bits per heavy atom. The Balaban J connectivity index is 1.81. The number of fused-ring (bicyclic) bond motifs is 1. The average molecular weight is 382 g/mol.